The van der Waals surface area contributed by atoms with Gasteiger partial charge in [0.15, 0.2) is 0 Å². The molecule has 0 saturated carbocycles. The van der Waals surface area contributed by atoms with Gasteiger partial charge in [-0.3, -0.25) is 0 Å². The third-order valence-corrected chi connectivity index (χ3v) is 4.81. The highest BCUT2D eigenvalue weighted by Gasteiger charge is 2.09. The van der Waals surface area contributed by atoms with Crippen LogP contribution in [-0.4, -0.2) is 12.0 Å². The average molecular weight is 333 g/mol. The highest BCUT2D eigenvalue weighted by molar-refractivity contribution is 9.10. The van der Waals surface area contributed by atoms with Crippen LogP contribution in [0.3, 0.4) is 0 Å². The van der Waals surface area contributed by atoms with Crippen molar-refractivity contribution in [2.75, 3.05) is 11.9 Å². The quantitative estimate of drug-likeness (QED) is 0.808. The zero-order valence-electron chi connectivity index (χ0n) is 12.8. The highest BCUT2D eigenvalue weighted by Crippen LogP contribution is 2.22. The SMILES string of the molecule is Cc1ccc(CN(C)c2ccc(Br)c(C)n2)c(C)c1C. The average Bonchev–Trinajstić information content (AvgIpc) is 2.42. The number of benzene rings is 1. The Hall–Kier alpha value is -1.35. The molecule has 2 rings (SSSR count). The second-order valence-corrected chi connectivity index (χ2v) is 6.24. The zero-order chi connectivity index (χ0) is 14.9. The van der Waals surface area contributed by atoms with E-state index in [1.165, 1.54) is 22.3 Å². The predicted octanol–water partition coefficient (Wildman–Crippen LogP) is 4.71. The van der Waals surface area contributed by atoms with Crippen molar-refractivity contribution in [2.45, 2.75) is 34.2 Å². The Morgan fingerprint density at radius 2 is 1.70 bits per heavy atom. The van der Waals surface area contributed by atoms with Crippen molar-refractivity contribution in [3.05, 3.63) is 56.7 Å². The number of hydrogen-bond donors (Lipinski definition) is 0. The van der Waals surface area contributed by atoms with E-state index in [1.807, 2.05) is 13.0 Å². The van der Waals surface area contributed by atoms with Gasteiger partial charge in [0, 0.05) is 18.1 Å². The molecule has 106 valence electrons. The normalized spacial score (nSPS) is 10.7. The molecule has 0 atom stereocenters. The number of aryl methyl sites for hydroxylation is 2. The number of anilines is 1. The lowest BCUT2D eigenvalue weighted by molar-refractivity contribution is 0.881. The smallest absolute Gasteiger partial charge is 0.128 e. The molecule has 0 aliphatic carbocycles. The first kappa shape index (κ1) is 15.0. The molecule has 1 heterocycles. The van der Waals surface area contributed by atoms with E-state index in [1.54, 1.807) is 0 Å². The Morgan fingerprint density at radius 3 is 2.35 bits per heavy atom. The van der Waals surface area contributed by atoms with Gasteiger partial charge in [-0.1, -0.05) is 12.1 Å². The van der Waals surface area contributed by atoms with Gasteiger partial charge in [0.05, 0.1) is 5.69 Å². The molecule has 20 heavy (non-hydrogen) atoms. The first-order valence-electron chi connectivity index (χ1n) is 6.80. The summed E-state index contributed by atoms with van der Waals surface area (Å²) in [5.74, 6) is 1.00. The van der Waals surface area contributed by atoms with Gasteiger partial charge in [-0.15, -0.1) is 0 Å². The summed E-state index contributed by atoms with van der Waals surface area (Å²) in [5, 5.41) is 0. The number of nitrogens with zero attached hydrogens (tertiary/aromatic N) is 2. The molecule has 1 aromatic carbocycles. The summed E-state index contributed by atoms with van der Waals surface area (Å²) < 4.78 is 1.05. The fraction of sp³-hybridized carbons (Fsp3) is 0.353. The molecule has 0 spiro atoms. The summed E-state index contributed by atoms with van der Waals surface area (Å²) in [5.41, 5.74) is 6.50. The summed E-state index contributed by atoms with van der Waals surface area (Å²) in [4.78, 5) is 6.81. The molecule has 0 amide bonds. The van der Waals surface area contributed by atoms with E-state index in [2.05, 4.69) is 71.8 Å². The molecule has 1 aromatic heterocycles. The van der Waals surface area contributed by atoms with E-state index in [9.17, 15) is 0 Å². The topological polar surface area (TPSA) is 16.1 Å². The second-order valence-electron chi connectivity index (χ2n) is 5.38. The molecule has 0 fully saturated rings. The molecule has 0 aliphatic heterocycles. The first-order chi connectivity index (χ1) is 9.40. The Labute approximate surface area is 130 Å². The third-order valence-electron chi connectivity index (χ3n) is 3.98. The standard InChI is InChI=1S/C17H21BrN2/c1-11-6-7-15(13(3)12(11)2)10-20(5)17-9-8-16(18)14(4)19-17/h6-9H,10H2,1-5H3. The molecular formula is C17H21BrN2. The lowest BCUT2D eigenvalue weighted by Crippen LogP contribution is -2.19. The molecule has 3 heteroatoms. The predicted molar refractivity (Wildman–Crippen MR) is 89.4 cm³/mol. The second kappa shape index (κ2) is 5.96. The van der Waals surface area contributed by atoms with E-state index >= 15 is 0 Å². The number of aromatic nitrogens is 1. The van der Waals surface area contributed by atoms with E-state index < -0.39 is 0 Å². The summed E-state index contributed by atoms with van der Waals surface area (Å²) in [6.07, 6.45) is 0. The maximum Gasteiger partial charge on any atom is 0.128 e. The van der Waals surface area contributed by atoms with Crippen molar-refractivity contribution in [3.63, 3.8) is 0 Å². The maximum atomic E-state index is 4.62. The van der Waals surface area contributed by atoms with Crippen molar-refractivity contribution in [2.24, 2.45) is 0 Å². The fourth-order valence-corrected chi connectivity index (χ4v) is 2.48. The first-order valence-corrected chi connectivity index (χ1v) is 7.59. The Balaban J connectivity index is 2.25. The van der Waals surface area contributed by atoms with Gasteiger partial charge in [0.1, 0.15) is 5.82 Å². The van der Waals surface area contributed by atoms with E-state index in [0.717, 1.165) is 22.5 Å². The number of hydrogen-bond acceptors (Lipinski definition) is 2. The van der Waals surface area contributed by atoms with Crippen molar-refractivity contribution in [1.29, 1.82) is 0 Å². The Morgan fingerprint density at radius 1 is 1.00 bits per heavy atom. The van der Waals surface area contributed by atoms with E-state index in [-0.39, 0.29) is 0 Å². The summed E-state index contributed by atoms with van der Waals surface area (Å²) >= 11 is 3.49. The van der Waals surface area contributed by atoms with Crippen molar-refractivity contribution < 1.29 is 0 Å². The molecule has 0 unspecified atom stereocenters. The minimum atomic E-state index is 0.876. The van der Waals surface area contributed by atoms with E-state index in [4.69, 9.17) is 0 Å². The number of halogens is 1. The van der Waals surface area contributed by atoms with Crippen molar-refractivity contribution >= 4 is 21.7 Å². The minimum absolute atomic E-state index is 0.876. The number of rotatable bonds is 3. The van der Waals surface area contributed by atoms with Crippen LogP contribution in [0.2, 0.25) is 0 Å². The molecule has 0 saturated heterocycles. The largest absolute Gasteiger partial charge is 0.355 e. The van der Waals surface area contributed by atoms with Crippen LogP contribution in [0.25, 0.3) is 0 Å². The van der Waals surface area contributed by atoms with Crippen LogP contribution in [0.4, 0.5) is 5.82 Å². The van der Waals surface area contributed by atoms with Gasteiger partial charge in [0.2, 0.25) is 0 Å². The van der Waals surface area contributed by atoms with Gasteiger partial charge in [-0.05, 0) is 78.0 Å². The Kier molecular flexibility index (Phi) is 4.48. The van der Waals surface area contributed by atoms with Crippen LogP contribution in [0.5, 0.6) is 0 Å². The van der Waals surface area contributed by atoms with Crippen LogP contribution in [0.1, 0.15) is 27.9 Å². The van der Waals surface area contributed by atoms with Crippen LogP contribution in [0.15, 0.2) is 28.7 Å². The molecule has 0 N–H and O–H groups in total. The molecule has 2 nitrogen and oxygen atoms in total. The molecule has 0 radical (unpaired) electrons. The fourth-order valence-electron chi connectivity index (χ4n) is 2.26. The molecule has 0 bridgehead atoms. The van der Waals surface area contributed by atoms with Gasteiger partial charge in [0.25, 0.3) is 0 Å². The molecule has 2 aromatic rings. The van der Waals surface area contributed by atoms with Gasteiger partial charge >= 0.3 is 0 Å². The van der Waals surface area contributed by atoms with Crippen LogP contribution in [-0.2, 0) is 6.54 Å². The maximum absolute atomic E-state index is 4.62. The molecule has 0 aliphatic rings. The Bertz CT molecular complexity index is 635. The lowest BCUT2D eigenvalue weighted by atomic mass is 9.98. The summed E-state index contributed by atoms with van der Waals surface area (Å²) in [7, 11) is 2.09. The van der Waals surface area contributed by atoms with Crippen molar-refractivity contribution in [1.82, 2.24) is 4.98 Å². The summed E-state index contributed by atoms with van der Waals surface area (Å²) in [6, 6.07) is 8.53. The van der Waals surface area contributed by atoms with E-state index in [0.29, 0.717) is 0 Å². The highest BCUT2D eigenvalue weighted by atomic mass is 79.9. The van der Waals surface area contributed by atoms with Gasteiger partial charge in [-0.25, -0.2) is 4.98 Å². The third kappa shape index (κ3) is 3.04. The molecular weight excluding hydrogens is 312 g/mol. The number of pyridine rings is 1. The summed E-state index contributed by atoms with van der Waals surface area (Å²) in [6.45, 7) is 9.45. The minimum Gasteiger partial charge on any atom is -0.355 e. The van der Waals surface area contributed by atoms with Crippen LogP contribution in [0, 0.1) is 27.7 Å². The zero-order valence-corrected chi connectivity index (χ0v) is 14.4. The van der Waals surface area contributed by atoms with Crippen molar-refractivity contribution in [3.8, 4) is 0 Å². The van der Waals surface area contributed by atoms with Gasteiger partial charge in [-0.2, -0.15) is 0 Å². The monoisotopic (exact) mass is 332 g/mol. The van der Waals surface area contributed by atoms with Crippen LogP contribution >= 0.6 is 15.9 Å². The van der Waals surface area contributed by atoms with Gasteiger partial charge < -0.3 is 4.90 Å². The lowest BCUT2D eigenvalue weighted by Gasteiger charge is -2.21. The van der Waals surface area contributed by atoms with Crippen LogP contribution < -0.4 is 4.90 Å².